The molecule has 0 amide bonds. The van der Waals surface area contributed by atoms with E-state index < -0.39 is 9.84 Å². The van der Waals surface area contributed by atoms with Crippen molar-refractivity contribution in [3.8, 4) is 0 Å². The summed E-state index contributed by atoms with van der Waals surface area (Å²) in [7, 11) is -2.63. The van der Waals surface area contributed by atoms with Crippen LogP contribution in [0.25, 0.3) is 0 Å². The minimum atomic E-state index is -2.63. The Balaban J connectivity index is 0.000000255. The molecule has 3 heteroatoms. The second-order valence-electron chi connectivity index (χ2n) is 4.37. The Bertz CT molecular complexity index is 293. The molecule has 4 atom stereocenters. The summed E-state index contributed by atoms with van der Waals surface area (Å²) in [6.45, 7) is 8.00. The molecule has 1 heterocycles. The maximum atomic E-state index is 11.5. The van der Waals surface area contributed by atoms with Gasteiger partial charge in [-0.1, -0.05) is 27.7 Å². The summed E-state index contributed by atoms with van der Waals surface area (Å²) in [5.41, 5.74) is 0. The van der Waals surface area contributed by atoms with E-state index >= 15 is 0 Å². The number of sulfone groups is 1. The van der Waals surface area contributed by atoms with Gasteiger partial charge < -0.3 is 0 Å². The molecule has 90 valence electrons. The molecule has 2 nitrogen and oxygen atoms in total. The predicted octanol–water partition coefficient (Wildman–Crippen LogP) is 2.88. The SMILES string of the molecule is CC.CC.O=S1(=O)CC2CC3CC2C1C3. The maximum Gasteiger partial charge on any atom is 0.153 e. The molecule has 0 aromatic heterocycles. The lowest BCUT2D eigenvalue weighted by molar-refractivity contribution is 0.397. The lowest BCUT2D eigenvalue weighted by Gasteiger charge is -2.14. The van der Waals surface area contributed by atoms with Crippen molar-refractivity contribution in [1.29, 1.82) is 0 Å². The van der Waals surface area contributed by atoms with Gasteiger partial charge >= 0.3 is 0 Å². The summed E-state index contributed by atoms with van der Waals surface area (Å²) in [5, 5.41) is 0.0891. The van der Waals surface area contributed by atoms with Crippen molar-refractivity contribution in [2.45, 2.75) is 52.2 Å². The van der Waals surface area contributed by atoms with E-state index in [0.717, 1.165) is 12.3 Å². The molecule has 1 saturated heterocycles. The van der Waals surface area contributed by atoms with Crippen LogP contribution in [-0.4, -0.2) is 19.4 Å². The van der Waals surface area contributed by atoms with Crippen molar-refractivity contribution in [2.24, 2.45) is 17.8 Å². The van der Waals surface area contributed by atoms with E-state index in [-0.39, 0.29) is 5.25 Å². The summed E-state index contributed by atoms with van der Waals surface area (Å²) in [6, 6.07) is 0. The van der Waals surface area contributed by atoms with Gasteiger partial charge in [0, 0.05) is 0 Å². The second kappa shape index (κ2) is 4.86. The molecule has 3 rings (SSSR count). The zero-order valence-corrected chi connectivity index (χ0v) is 11.2. The first-order valence-electron chi connectivity index (χ1n) is 6.38. The van der Waals surface area contributed by atoms with Gasteiger partial charge in [-0.2, -0.15) is 0 Å². The Hall–Kier alpha value is -0.0500. The van der Waals surface area contributed by atoms with Gasteiger partial charge in [-0.3, -0.25) is 0 Å². The van der Waals surface area contributed by atoms with Gasteiger partial charge in [0.15, 0.2) is 9.84 Å². The Morgan fingerprint density at radius 1 is 0.933 bits per heavy atom. The number of hydrogen-bond acceptors (Lipinski definition) is 2. The topological polar surface area (TPSA) is 34.1 Å². The largest absolute Gasteiger partial charge is 0.229 e. The van der Waals surface area contributed by atoms with Crippen LogP contribution in [0, 0.1) is 17.8 Å². The highest BCUT2D eigenvalue weighted by atomic mass is 32.2. The summed E-state index contributed by atoms with van der Waals surface area (Å²) in [5.74, 6) is 2.42. The minimum absolute atomic E-state index is 0.0891. The van der Waals surface area contributed by atoms with Crippen molar-refractivity contribution >= 4 is 9.84 Å². The molecule has 2 saturated carbocycles. The van der Waals surface area contributed by atoms with E-state index in [0.29, 0.717) is 17.6 Å². The van der Waals surface area contributed by atoms with Gasteiger partial charge in [0.25, 0.3) is 0 Å². The lowest BCUT2D eigenvalue weighted by atomic mass is 9.91. The van der Waals surface area contributed by atoms with Crippen LogP contribution in [0.4, 0.5) is 0 Å². The van der Waals surface area contributed by atoms with Crippen molar-refractivity contribution in [2.75, 3.05) is 5.75 Å². The third-order valence-electron chi connectivity index (χ3n) is 3.80. The Morgan fingerprint density at radius 3 is 1.93 bits per heavy atom. The van der Waals surface area contributed by atoms with E-state index in [1.807, 2.05) is 27.7 Å². The molecule has 0 aromatic rings. The van der Waals surface area contributed by atoms with Crippen molar-refractivity contribution in [3.05, 3.63) is 0 Å². The van der Waals surface area contributed by atoms with Crippen LogP contribution in [0.5, 0.6) is 0 Å². The standard InChI is InChI=1S/C8H12O2S.2C2H6/c9-11(10)4-6-1-5-2-7(6)8(11)3-5;2*1-2/h5-8H,1-4H2;2*1-2H3. The van der Waals surface area contributed by atoms with Gasteiger partial charge in [-0.25, -0.2) is 8.42 Å². The van der Waals surface area contributed by atoms with Crippen molar-refractivity contribution < 1.29 is 8.42 Å². The molecule has 3 aliphatic rings. The van der Waals surface area contributed by atoms with Gasteiger partial charge in [0.1, 0.15) is 0 Å². The van der Waals surface area contributed by atoms with E-state index in [1.54, 1.807) is 0 Å². The smallest absolute Gasteiger partial charge is 0.153 e. The first kappa shape index (κ1) is 13.0. The first-order valence-corrected chi connectivity index (χ1v) is 8.10. The molecule has 0 aromatic carbocycles. The van der Waals surface area contributed by atoms with Crippen LogP contribution in [0.2, 0.25) is 0 Å². The fourth-order valence-electron chi connectivity index (χ4n) is 3.45. The zero-order chi connectivity index (χ0) is 11.6. The van der Waals surface area contributed by atoms with Crippen LogP contribution < -0.4 is 0 Å². The van der Waals surface area contributed by atoms with Crippen molar-refractivity contribution in [3.63, 3.8) is 0 Å². The van der Waals surface area contributed by atoms with E-state index in [1.165, 1.54) is 12.8 Å². The molecule has 2 aliphatic carbocycles. The Kier molecular flexibility index (Phi) is 4.21. The Morgan fingerprint density at radius 2 is 1.53 bits per heavy atom. The molecule has 2 bridgehead atoms. The summed E-state index contributed by atoms with van der Waals surface area (Å²) >= 11 is 0. The normalized spacial score (nSPS) is 42.7. The van der Waals surface area contributed by atoms with Gasteiger partial charge in [0.2, 0.25) is 0 Å². The number of hydrogen-bond donors (Lipinski definition) is 0. The summed E-state index contributed by atoms with van der Waals surface area (Å²) < 4.78 is 23.0. The van der Waals surface area contributed by atoms with Gasteiger partial charge in [0.05, 0.1) is 11.0 Å². The zero-order valence-electron chi connectivity index (χ0n) is 10.4. The molecule has 15 heavy (non-hydrogen) atoms. The quantitative estimate of drug-likeness (QED) is 0.643. The summed E-state index contributed by atoms with van der Waals surface area (Å²) in [4.78, 5) is 0. The number of fused-ring (bicyclic) bond motifs is 1. The Labute approximate surface area is 94.4 Å². The fourth-order valence-corrected chi connectivity index (χ4v) is 6.11. The number of rotatable bonds is 0. The van der Waals surface area contributed by atoms with Crippen LogP contribution in [0.15, 0.2) is 0 Å². The van der Waals surface area contributed by atoms with Crippen LogP contribution in [0.1, 0.15) is 47.0 Å². The predicted molar refractivity (Wildman–Crippen MR) is 64.6 cm³/mol. The average molecular weight is 232 g/mol. The monoisotopic (exact) mass is 232 g/mol. The highest BCUT2D eigenvalue weighted by molar-refractivity contribution is 7.92. The fraction of sp³-hybridized carbons (Fsp3) is 1.00. The lowest BCUT2D eigenvalue weighted by Crippen LogP contribution is -2.19. The second-order valence-corrected chi connectivity index (χ2v) is 6.63. The highest BCUT2D eigenvalue weighted by Gasteiger charge is 2.57. The third kappa shape index (κ3) is 2.08. The molecular weight excluding hydrogens is 208 g/mol. The molecule has 1 aliphatic heterocycles. The van der Waals surface area contributed by atoms with Crippen LogP contribution in [-0.2, 0) is 9.84 Å². The van der Waals surface area contributed by atoms with Gasteiger partial charge in [-0.05, 0) is 37.0 Å². The van der Waals surface area contributed by atoms with E-state index in [4.69, 9.17) is 0 Å². The van der Waals surface area contributed by atoms with Crippen molar-refractivity contribution in [1.82, 2.24) is 0 Å². The van der Waals surface area contributed by atoms with E-state index in [9.17, 15) is 8.42 Å². The highest BCUT2D eigenvalue weighted by Crippen LogP contribution is 2.56. The maximum absolute atomic E-state index is 11.5. The molecular formula is C12H24O2S. The summed E-state index contributed by atoms with van der Waals surface area (Å²) in [6.07, 6.45) is 3.42. The molecule has 0 radical (unpaired) electrons. The average Bonchev–Trinajstić information content (AvgIpc) is 2.84. The van der Waals surface area contributed by atoms with Crippen LogP contribution >= 0.6 is 0 Å². The first-order chi connectivity index (χ1) is 7.17. The molecule has 0 spiro atoms. The molecule has 0 N–H and O–H groups in total. The minimum Gasteiger partial charge on any atom is -0.229 e. The van der Waals surface area contributed by atoms with E-state index in [2.05, 4.69) is 0 Å². The third-order valence-corrected chi connectivity index (χ3v) is 6.16. The molecule has 4 unspecified atom stereocenters. The molecule has 3 fully saturated rings. The van der Waals surface area contributed by atoms with Crippen LogP contribution in [0.3, 0.4) is 0 Å². The van der Waals surface area contributed by atoms with Gasteiger partial charge in [-0.15, -0.1) is 0 Å².